The van der Waals surface area contributed by atoms with Gasteiger partial charge in [-0.15, -0.1) is 0 Å². The number of hydrogen-bond donors (Lipinski definition) is 2. The highest BCUT2D eigenvalue weighted by atomic mass is 32.2. The smallest absolute Gasteiger partial charge is 0.348 e. The molecule has 0 spiro atoms. The number of carbonyl (C=O) groups excluding carboxylic acids is 1. The first kappa shape index (κ1) is 21.8. The zero-order valence-electron chi connectivity index (χ0n) is 15.2. The molecule has 2 aromatic carbocycles. The number of nitrogens with one attached hydrogen (secondary N) is 2. The van der Waals surface area contributed by atoms with Crippen LogP contribution in [0.2, 0.25) is 0 Å². The zero-order valence-corrected chi connectivity index (χ0v) is 16.1. The minimum absolute atomic E-state index is 0.0207. The maximum absolute atomic E-state index is 13.2. The van der Waals surface area contributed by atoms with Crippen LogP contribution in [0.3, 0.4) is 0 Å². The first-order valence-electron chi connectivity index (χ1n) is 8.05. The number of carbonyl (C=O) groups is 1. The van der Waals surface area contributed by atoms with Crippen LogP contribution in [0.4, 0.5) is 17.6 Å². The van der Waals surface area contributed by atoms with Crippen molar-refractivity contribution < 1.29 is 30.8 Å². The highest BCUT2D eigenvalue weighted by Gasteiger charge is 2.33. The summed E-state index contributed by atoms with van der Waals surface area (Å²) < 4.78 is 78.7. The third-order valence-corrected chi connectivity index (χ3v) is 5.80. The molecule has 28 heavy (non-hydrogen) atoms. The van der Waals surface area contributed by atoms with Crippen LogP contribution in [0.5, 0.6) is 0 Å². The van der Waals surface area contributed by atoms with E-state index in [2.05, 4.69) is 10.0 Å². The van der Waals surface area contributed by atoms with E-state index >= 15 is 0 Å². The maximum atomic E-state index is 13.2. The van der Waals surface area contributed by atoms with Crippen molar-refractivity contribution in [1.29, 1.82) is 0 Å². The van der Waals surface area contributed by atoms with Gasteiger partial charge in [0.2, 0.25) is 10.0 Å². The number of halogens is 4. The fourth-order valence-corrected chi connectivity index (χ4v) is 3.66. The Morgan fingerprint density at radius 1 is 1.11 bits per heavy atom. The second kappa shape index (κ2) is 7.88. The van der Waals surface area contributed by atoms with Gasteiger partial charge in [-0.05, 0) is 61.9 Å². The van der Waals surface area contributed by atoms with E-state index in [0.29, 0.717) is 17.2 Å². The molecule has 2 N–H and O–H groups in total. The van der Waals surface area contributed by atoms with Gasteiger partial charge in [-0.3, -0.25) is 4.79 Å². The number of hydrogen-bond acceptors (Lipinski definition) is 3. The Bertz CT molecular complexity index is 1020. The summed E-state index contributed by atoms with van der Waals surface area (Å²) in [5.74, 6) is -1.80. The molecule has 5 nitrogen and oxygen atoms in total. The number of sulfonamides is 1. The van der Waals surface area contributed by atoms with E-state index < -0.39 is 40.0 Å². The van der Waals surface area contributed by atoms with Crippen LogP contribution < -0.4 is 10.0 Å². The van der Waals surface area contributed by atoms with Crippen molar-refractivity contribution in [2.24, 2.45) is 0 Å². The predicted octanol–water partition coefficient (Wildman–Crippen LogP) is 3.30. The van der Waals surface area contributed by atoms with E-state index in [9.17, 15) is 30.8 Å². The van der Waals surface area contributed by atoms with Crippen molar-refractivity contribution in [3.8, 4) is 0 Å². The van der Waals surface area contributed by atoms with Crippen LogP contribution in [-0.2, 0) is 22.7 Å². The summed E-state index contributed by atoms with van der Waals surface area (Å²) in [6.45, 7) is 2.69. The minimum Gasteiger partial charge on any atom is -0.348 e. The van der Waals surface area contributed by atoms with Gasteiger partial charge in [-0.1, -0.05) is 6.07 Å². The highest BCUT2D eigenvalue weighted by molar-refractivity contribution is 7.89. The summed E-state index contributed by atoms with van der Waals surface area (Å²) in [6.07, 6.45) is -4.78. The lowest BCUT2D eigenvalue weighted by molar-refractivity contribution is -0.138. The summed E-state index contributed by atoms with van der Waals surface area (Å²) in [4.78, 5) is 12.3. The molecule has 0 aliphatic heterocycles. The molecule has 10 heteroatoms. The molecule has 0 heterocycles. The molecule has 0 unspecified atom stereocenters. The van der Waals surface area contributed by atoms with E-state index in [1.165, 1.54) is 13.1 Å². The summed E-state index contributed by atoms with van der Waals surface area (Å²) in [6, 6.07) is 4.75. The number of alkyl halides is 3. The molecule has 0 bridgehead atoms. The average molecular weight is 418 g/mol. The normalized spacial score (nSPS) is 12.1. The molecule has 0 atom stereocenters. The standard InChI is InChI=1S/C18H18F4N2O3S/c1-10-6-13(7-16(11(10)2)28(26,27)23-3)17(25)24-9-12-4-5-14(19)8-15(12)18(20,21)22/h4-8,23H,9H2,1-3H3,(H,24,25). The maximum Gasteiger partial charge on any atom is 0.416 e. The largest absolute Gasteiger partial charge is 0.416 e. The van der Waals surface area contributed by atoms with Gasteiger partial charge in [-0.25, -0.2) is 17.5 Å². The molecule has 0 aromatic heterocycles. The SMILES string of the molecule is CNS(=O)(=O)c1cc(C(=O)NCc2ccc(F)cc2C(F)(F)F)cc(C)c1C. The van der Waals surface area contributed by atoms with E-state index in [1.807, 2.05) is 0 Å². The Morgan fingerprint density at radius 2 is 1.75 bits per heavy atom. The molecular formula is C18H18F4N2O3S. The van der Waals surface area contributed by atoms with Crippen molar-refractivity contribution in [2.75, 3.05) is 7.05 Å². The van der Waals surface area contributed by atoms with Gasteiger partial charge in [0, 0.05) is 12.1 Å². The molecule has 2 rings (SSSR count). The first-order valence-corrected chi connectivity index (χ1v) is 9.53. The second-order valence-corrected chi connectivity index (χ2v) is 7.96. The fraction of sp³-hybridized carbons (Fsp3) is 0.278. The van der Waals surface area contributed by atoms with Gasteiger partial charge in [-0.2, -0.15) is 13.2 Å². The minimum atomic E-state index is -4.78. The third kappa shape index (κ3) is 4.68. The quantitative estimate of drug-likeness (QED) is 0.732. The Balaban J connectivity index is 2.33. The molecule has 0 aliphatic rings. The van der Waals surface area contributed by atoms with Gasteiger partial charge in [0.1, 0.15) is 5.82 Å². The van der Waals surface area contributed by atoms with E-state index in [-0.39, 0.29) is 16.0 Å². The fourth-order valence-electron chi connectivity index (χ4n) is 2.59. The predicted molar refractivity (Wildman–Crippen MR) is 94.7 cm³/mol. The molecule has 0 saturated heterocycles. The van der Waals surface area contributed by atoms with Crippen LogP contribution in [0, 0.1) is 19.7 Å². The van der Waals surface area contributed by atoms with Gasteiger partial charge in [0.05, 0.1) is 10.5 Å². The molecule has 0 fully saturated rings. The van der Waals surface area contributed by atoms with Gasteiger partial charge in [0.25, 0.3) is 5.91 Å². The zero-order chi connectivity index (χ0) is 21.3. The lowest BCUT2D eigenvalue weighted by atomic mass is 10.0. The molecule has 0 radical (unpaired) electrons. The summed E-state index contributed by atoms with van der Waals surface area (Å²) in [5, 5.41) is 2.31. The van der Waals surface area contributed by atoms with E-state index in [4.69, 9.17) is 0 Å². The second-order valence-electron chi connectivity index (χ2n) is 6.11. The van der Waals surface area contributed by atoms with Crippen molar-refractivity contribution >= 4 is 15.9 Å². The Morgan fingerprint density at radius 3 is 2.32 bits per heavy atom. The summed E-state index contributed by atoms with van der Waals surface area (Å²) in [7, 11) is -2.60. The number of amides is 1. The molecule has 2 aromatic rings. The third-order valence-electron chi connectivity index (χ3n) is 4.26. The van der Waals surface area contributed by atoms with Crippen molar-refractivity contribution in [3.05, 3.63) is 64.0 Å². The number of rotatable bonds is 5. The van der Waals surface area contributed by atoms with Gasteiger partial charge in [0.15, 0.2) is 0 Å². The summed E-state index contributed by atoms with van der Waals surface area (Å²) >= 11 is 0. The first-order chi connectivity index (χ1) is 12.9. The van der Waals surface area contributed by atoms with Crippen LogP contribution in [0.25, 0.3) is 0 Å². The summed E-state index contributed by atoms with van der Waals surface area (Å²) in [5.41, 5.74) is -0.545. The lowest BCUT2D eigenvalue weighted by Gasteiger charge is -2.15. The van der Waals surface area contributed by atoms with Crippen molar-refractivity contribution in [1.82, 2.24) is 10.0 Å². The lowest BCUT2D eigenvalue weighted by Crippen LogP contribution is -2.26. The van der Waals surface area contributed by atoms with Crippen LogP contribution in [-0.4, -0.2) is 21.4 Å². The topological polar surface area (TPSA) is 75.3 Å². The van der Waals surface area contributed by atoms with Crippen LogP contribution in [0.1, 0.15) is 32.6 Å². The average Bonchev–Trinajstić information content (AvgIpc) is 2.61. The molecule has 0 aliphatic carbocycles. The van der Waals surface area contributed by atoms with Crippen LogP contribution in [0.15, 0.2) is 35.2 Å². The number of benzene rings is 2. The Labute approximate surface area is 159 Å². The highest BCUT2D eigenvalue weighted by Crippen LogP contribution is 2.32. The van der Waals surface area contributed by atoms with E-state index in [0.717, 1.165) is 18.2 Å². The van der Waals surface area contributed by atoms with Crippen LogP contribution >= 0.6 is 0 Å². The Kier molecular flexibility index (Phi) is 6.15. The monoisotopic (exact) mass is 418 g/mol. The van der Waals surface area contributed by atoms with E-state index in [1.54, 1.807) is 13.8 Å². The van der Waals surface area contributed by atoms with Crippen molar-refractivity contribution in [3.63, 3.8) is 0 Å². The molecule has 152 valence electrons. The molecular weight excluding hydrogens is 400 g/mol. The number of aryl methyl sites for hydroxylation is 1. The molecule has 0 saturated carbocycles. The van der Waals surface area contributed by atoms with Gasteiger partial charge < -0.3 is 5.32 Å². The Hall–Kier alpha value is -2.46. The van der Waals surface area contributed by atoms with Crippen molar-refractivity contribution in [2.45, 2.75) is 31.5 Å². The molecule has 1 amide bonds. The van der Waals surface area contributed by atoms with Gasteiger partial charge >= 0.3 is 6.18 Å².